The molecule has 2 aromatic rings. The van der Waals surface area contributed by atoms with Crippen molar-refractivity contribution in [3.05, 3.63) is 64.7 Å². The summed E-state index contributed by atoms with van der Waals surface area (Å²) < 4.78 is 5.77. The van der Waals surface area contributed by atoms with Crippen molar-refractivity contribution in [1.82, 2.24) is 0 Å². The van der Waals surface area contributed by atoms with Crippen molar-refractivity contribution in [2.45, 2.75) is 20.5 Å². The zero-order valence-electron chi connectivity index (χ0n) is 10.6. The molecular formula is C16H15NO. The van der Waals surface area contributed by atoms with Crippen molar-refractivity contribution < 1.29 is 4.74 Å². The fourth-order valence-electron chi connectivity index (χ4n) is 1.79. The summed E-state index contributed by atoms with van der Waals surface area (Å²) in [7, 11) is 0. The van der Waals surface area contributed by atoms with Gasteiger partial charge in [0, 0.05) is 0 Å². The van der Waals surface area contributed by atoms with E-state index in [1.807, 2.05) is 25.1 Å². The SMILES string of the molecule is Cc1cccc(COc2cc(C#N)ccc2C)c1. The van der Waals surface area contributed by atoms with Gasteiger partial charge in [-0.3, -0.25) is 0 Å². The number of aryl methyl sites for hydroxylation is 2. The van der Waals surface area contributed by atoms with Crippen LogP contribution in [0.15, 0.2) is 42.5 Å². The molecule has 0 saturated carbocycles. The maximum atomic E-state index is 8.87. The van der Waals surface area contributed by atoms with E-state index in [9.17, 15) is 0 Å². The van der Waals surface area contributed by atoms with Gasteiger partial charge in [0.05, 0.1) is 11.6 Å². The molecule has 0 atom stereocenters. The zero-order valence-corrected chi connectivity index (χ0v) is 10.6. The van der Waals surface area contributed by atoms with Gasteiger partial charge in [-0.05, 0) is 37.1 Å². The lowest BCUT2D eigenvalue weighted by Gasteiger charge is -2.09. The predicted octanol–water partition coefficient (Wildman–Crippen LogP) is 3.75. The third-order valence-corrected chi connectivity index (χ3v) is 2.79. The Hall–Kier alpha value is -2.27. The summed E-state index contributed by atoms with van der Waals surface area (Å²) in [6.07, 6.45) is 0. The summed E-state index contributed by atoms with van der Waals surface area (Å²) in [5.74, 6) is 0.774. The standard InChI is InChI=1S/C16H15NO/c1-12-4-3-5-15(8-12)11-18-16-9-14(10-17)7-6-13(16)2/h3-9H,11H2,1-2H3. The lowest BCUT2D eigenvalue weighted by molar-refractivity contribution is 0.304. The molecule has 0 aliphatic rings. The average Bonchev–Trinajstić information content (AvgIpc) is 2.38. The first-order chi connectivity index (χ1) is 8.69. The summed E-state index contributed by atoms with van der Waals surface area (Å²) in [5, 5.41) is 8.87. The summed E-state index contributed by atoms with van der Waals surface area (Å²) in [5.41, 5.74) is 4.02. The van der Waals surface area contributed by atoms with E-state index in [-0.39, 0.29) is 0 Å². The van der Waals surface area contributed by atoms with Crippen molar-refractivity contribution in [3.8, 4) is 11.8 Å². The highest BCUT2D eigenvalue weighted by molar-refractivity contribution is 5.41. The van der Waals surface area contributed by atoms with Crippen LogP contribution in [0.5, 0.6) is 5.75 Å². The van der Waals surface area contributed by atoms with Gasteiger partial charge in [0.1, 0.15) is 12.4 Å². The molecule has 0 amide bonds. The van der Waals surface area contributed by atoms with E-state index in [0.717, 1.165) is 16.9 Å². The number of ether oxygens (including phenoxy) is 1. The third-order valence-electron chi connectivity index (χ3n) is 2.79. The minimum atomic E-state index is 0.525. The molecule has 18 heavy (non-hydrogen) atoms. The molecular weight excluding hydrogens is 222 g/mol. The Balaban J connectivity index is 2.13. The van der Waals surface area contributed by atoms with Gasteiger partial charge in [-0.15, -0.1) is 0 Å². The first-order valence-electron chi connectivity index (χ1n) is 5.88. The van der Waals surface area contributed by atoms with E-state index >= 15 is 0 Å². The second-order valence-corrected chi connectivity index (χ2v) is 4.37. The number of benzene rings is 2. The minimum Gasteiger partial charge on any atom is -0.489 e. The molecule has 0 N–H and O–H groups in total. The topological polar surface area (TPSA) is 33.0 Å². The molecule has 0 heterocycles. The van der Waals surface area contributed by atoms with Gasteiger partial charge in [0.25, 0.3) is 0 Å². The van der Waals surface area contributed by atoms with E-state index in [1.54, 1.807) is 12.1 Å². The number of nitrogens with zero attached hydrogens (tertiary/aromatic N) is 1. The summed E-state index contributed by atoms with van der Waals surface area (Å²) in [4.78, 5) is 0. The molecule has 0 bridgehead atoms. The van der Waals surface area contributed by atoms with Crippen molar-refractivity contribution in [2.75, 3.05) is 0 Å². The first-order valence-corrected chi connectivity index (χ1v) is 5.88. The summed E-state index contributed by atoms with van der Waals surface area (Å²) >= 11 is 0. The molecule has 2 rings (SSSR count). The second kappa shape index (κ2) is 5.37. The van der Waals surface area contributed by atoms with Gasteiger partial charge in [-0.1, -0.05) is 35.9 Å². The number of hydrogen-bond donors (Lipinski definition) is 0. The van der Waals surface area contributed by atoms with Crippen LogP contribution in [0.3, 0.4) is 0 Å². The smallest absolute Gasteiger partial charge is 0.124 e. The number of hydrogen-bond acceptors (Lipinski definition) is 2. The number of rotatable bonds is 3. The monoisotopic (exact) mass is 237 g/mol. The molecule has 0 aliphatic carbocycles. The van der Waals surface area contributed by atoms with E-state index in [4.69, 9.17) is 10.00 Å². The van der Waals surface area contributed by atoms with Gasteiger partial charge in [0.15, 0.2) is 0 Å². The Labute approximate surface area is 107 Å². The molecule has 2 aromatic carbocycles. The largest absolute Gasteiger partial charge is 0.489 e. The van der Waals surface area contributed by atoms with Crippen LogP contribution in [0.1, 0.15) is 22.3 Å². The van der Waals surface area contributed by atoms with Crippen LogP contribution in [0, 0.1) is 25.2 Å². The van der Waals surface area contributed by atoms with Crippen LogP contribution in [0.25, 0.3) is 0 Å². The van der Waals surface area contributed by atoms with Crippen molar-refractivity contribution in [3.63, 3.8) is 0 Å². The van der Waals surface area contributed by atoms with Crippen molar-refractivity contribution >= 4 is 0 Å². The van der Waals surface area contributed by atoms with Gasteiger partial charge in [0.2, 0.25) is 0 Å². The molecule has 0 fully saturated rings. The fraction of sp³-hybridized carbons (Fsp3) is 0.188. The predicted molar refractivity (Wildman–Crippen MR) is 71.4 cm³/mol. The van der Waals surface area contributed by atoms with Gasteiger partial charge >= 0.3 is 0 Å². The van der Waals surface area contributed by atoms with Crippen LogP contribution in [0.4, 0.5) is 0 Å². The molecule has 0 aliphatic heterocycles. The quantitative estimate of drug-likeness (QED) is 0.814. The highest BCUT2D eigenvalue weighted by atomic mass is 16.5. The molecule has 2 heteroatoms. The van der Waals surface area contributed by atoms with E-state index < -0.39 is 0 Å². The summed E-state index contributed by atoms with van der Waals surface area (Å²) in [6, 6.07) is 15.8. The Morgan fingerprint density at radius 3 is 2.67 bits per heavy atom. The van der Waals surface area contributed by atoms with Crippen molar-refractivity contribution in [2.24, 2.45) is 0 Å². The minimum absolute atomic E-state index is 0.525. The Morgan fingerprint density at radius 2 is 1.94 bits per heavy atom. The zero-order chi connectivity index (χ0) is 13.0. The second-order valence-electron chi connectivity index (χ2n) is 4.37. The maximum absolute atomic E-state index is 8.87. The highest BCUT2D eigenvalue weighted by Gasteiger charge is 2.02. The third kappa shape index (κ3) is 2.89. The number of nitriles is 1. The maximum Gasteiger partial charge on any atom is 0.124 e. The molecule has 90 valence electrons. The Kier molecular flexibility index (Phi) is 3.64. The first kappa shape index (κ1) is 12.2. The van der Waals surface area contributed by atoms with Crippen LogP contribution >= 0.6 is 0 Å². The molecule has 0 aromatic heterocycles. The normalized spacial score (nSPS) is 9.83. The lowest BCUT2D eigenvalue weighted by atomic mass is 10.1. The summed E-state index contributed by atoms with van der Waals surface area (Å²) in [6.45, 7) is 4.56. The van der Waals surface area contributed by atoms with Crippen molar-refractivity contribution in [1.29, 1.82) is 5.26 Å². The Bertz CT molecular complexity index is 596. The molecule has 0 unspecified atom stereocenters. The van der Waals surface area contributed by atoms with Crippen LogP contribution in [0.2, 0.25) is 0 Å². The highest BCUT2D eigenvalue weighted by Crippen LogP contribution is 2.20. The van der Waals surface area contributed by atoms with Gasteiger partial charge in [-0.2, -0.15) is 5.26 Å². The van der Waals surface area contributed by atoms with Gasteiger partial charge in [-0.25, -0.2) is 0 Å². The van der Waals surface area contributed by atoms with E-state index in [0.29, 0.717) is 12.2 Å². The fourth-order valence-corrected chi connectivity index (χ4v) is 1.79. The van der Waals surface area contributed by atoms with Crippen LogP contribution in [-0.2, 0) is 6.61 Å². The lowest BCUT2D eigenvalue weighted by Crippen LogP contribution is -1.97. The Morgan fingerprint density at radius 1 is 1.11 bits per heavy atom. The van der Waals surface area contributed by atoms with E-state index in [2.05, 4.69) is 25.1 Å². The van der Waals surface area contributed by atoms with E-state index in [1.165, 1.54) is 5.56 Å². The van der Waals surface area contributed by atoms with Crippen LogP contribution < -0.4 is 4.74 Å². The molecule has 0 saturated heterocycles. The van der Waals surface area contributed by atoms with Crippen LogP contribution in [-0.4, -0.2) is 0 Å². The average molecular weight is 237 g/mol. The van der Waals surface area contributed by atoms with Gasteiger partial charge < -0.3 is 4.74 Å². The molecule has 2 nitrogen and oxygen atoms in total. The molecule has 0 radical (unpaired) electrons. The molecule has 0 spiro atoms.